The molecular formula is C26H24F2N2O4. The first kappa shape index (κ1) is 24.6. The van der Waals surface area contributed by atoms with Crippen LogP contribution in [0, 0.1) is 25.5 Å². The average molecular weight is 466 g/mol. The molecule has 0 spiro atoms. The summed E-state index contributed by atoms with van der Waals surface area (Å²) >= 11 is 0. The Morgan fingerprint density at radius 2 is 1.59 bits per heavy atom. The maximum Gasteiger partial charge on any atom is 0.305 e. The van der Waals surface area contributed by atoms with Crippen LogP contribution in [-0.4, -0.2) is 29.4 Å². The van der Waals surface area contributed by atoms with Crippen LogP contribution >= 0.6 is 0 Å². The summed E-state index contributed by atoms with van der Waals surface area (Å²) in [6.07, 6.45) is -0.676. The molecule has 0 heterocycles. The number of hydrogen-bond acceptors (Lipinski definition) is 3. The normalized spacial score (nSPS) is 11.5. The third kappa shape index (κ3) is 5.83. The van der Waals surface area contributed by atoms with Crippen LogP contribution in [0.15, 0.2) is 60.7 Å². The lowest BCUT2D eigenvalue weighted by Gasteiger charge is -2.20. The number of hydrogen-bond donors (Lipinski definition) is 3. The number of halogens is 2. The van der Waals surface area contributed by atoms with Gasteiger partial charge in [-0.2, -0.15) is 0 Å². The first-order chi connectivity index (χ1) is 16.2. The van der Waals surface area contributed by atoms with Crippen molar-refractivity contribution in [2.24, 2.45) is 0 Å². The number of carboxylic acids is 1. The molecule has 0 radical (unpaired) electrons. The van der Waals surface area contributed by atoms with Gasteiger partial charge in [-0.05, 0) is 60.4 Å². The van der Waals surface area contributed by atoms with Gasteiger partial charge in [-0.15, -0.1) is 0 Å². The molecule has 0 aliphatic carbocycles. The molecule has 0 saturated heterocycles. The number of carbonyl (C=O) groups is 3. The Balaban J connectivity index is 1.87. The van der Waals surface area contributed by atoms with E-state index in [9.17, 15) is 28.3 Å². The maximum atomic E-state index is 14.8. The highest BCUT2D eigenvalue weighted by molar-refractivity contribution is 5.96. The van der Waals surface area contributed by atoms with E-state index in [4.69, 9.17) is 0 Å². The molecule has 6 nitrogen and oxygen atoms in total. The van der Waals surface area contributed by atoms with Crippen molar-refractivity contribution < 1.29 is 28.3 Å². The standard InChI is InChI=1S/C26H24F2N2O4/c1-15-7-6-8-16(2)24(15)18-11-19(25(28)20(27)12-18)21(13-23(32)33)30-22(31)14-29-26(34)17-9-4-3-5-10-17/h3-12,21H,13-14H2,1-2H3,(H,29,34)(H,30,31)(H,32,33). The van der Waals surface area contributed by atoms with Crippen LogP contribution in [0.5, 0.6) is 0 Å². The van der Waals surface area contributed by atoms with Gasteiger partial charge in [0.15, 0.2) is 11.6 Å². The molecule has 0 aliphatic rings. The SMILES string of the molecule is Cc1cccc(C)c1-c1cc(F)c(F)c(C(CC(=O)O)NC(=O)CNC(=O)c2ccccc2)c1. The van der Waals surface area contributed by atoms with Gasteiger partial charge in [-0.25, -0.2) is 8.78 Å². The minimum atomic E-state index is -1.35. The molecule has 3 rings (SSSR count). The molecule has 1 atom stereocenters. The van der Waals surface area contributed by atoms with Crippen LogP contribution in [0.25, 0.3) is 11.1 Å². The summed E-state index contributed by atoms with van der Waals surface area (Å²) in [7, 11) is 0. The van der Waals surface area contributed by atoms with Crippen LogP contribution in [-0.2, 0) is 9.59 Å². The second-order valence-electron chi connectivity index (χ2n) is 7.89. The van der Waals surface area contributed by atoms with E-state index < -0.39 is 48.4 Å². The summed E-state index contributed by atoms with van der Waals surface area (Å²) in [6.45, 7) is 3.19. The summed E-state index contributed by atoms with van der Waals surface area (Å²) in [5.74, 6) is -4.95. The van der Waals surface area contributed by atoms with Gasteiger partial charge in [0.05, 0.1) is 19.0 Å². The third-order valence-electron chi connectivity index (χ3n) is 5.36. The Morgan fingerprint density at radius 3 is 2.21 bits per heavy atom. The van der Waals surface area contributed by atoms with Gasteiger partial charge in [0, 0.05) is 11.1 Å². The van der Waals surface area contributed by atoms with E-state index in [1.807, 2.05) is 32.0 Å². The molecule has 1 unspecified atom stereocenters. The zero-order valence-corrected chi connectivity index (χ0v) is 18.7. The van der Waals surface area contributed by atoms with Crippen molar-refractivity contribution >= 4 is 17.8 Å². The second-order valence-corrected chi connectivity index (χ2v) is 7.89. The van der Waals surface area contributed by atoms with Crippen LogP contribution in [0.3, 0.4) is 0 Å². The van der Waals surface area contributed by atoms with E-state index >= 15 is 0 Å². The molecule has 0 aliphatic heterocycles. The molecule has 34 heavy (non-hydrogen) atoms. The summed E-state index contributed by atoms with van der Waals surface area (Å²) in [6, 6.07) is 14.7. The van der Waals surface area contributed by atoms with Crippen LogP contribution < -0.4 is 10.6 Å². The van der Waals surface area contributed by atoms with Gasteiger partial charge in [-0.3, -0.25) is 14.4 Å². The highest BCUT2D eigenvalue weighted by Gasteiger charge is 2.25. The monoisotopic (exact) mass is 466 g/mol. The lowest BCUT2D eigenvalue weighted by molar-refractivity contribution is -0.137. The minimum absolute atomic E-state index is 0.289. The summed E-state index contributed by atoms with van der Waals surface area (Å²) in [5, 5.41) is 14.1. The van der Waals surface area contributed by atoms with E-state index in [1.54, 1.807) is 30.3 Å². The fourth-order valence-corrected chi connectivity index (χ4v) is 3.79. The van der Waals surface area contributed by atoms with Crippen molar-refractivity contribution in [1.82, 2.24) is 10.6 Å². The molecular weight excluding hydrogens is 442 g/mol. The molecule has 0 bridgehead atoms. The second kappa shape index (κ2) is 10.7. The predicted octanol–water partition coefficient (Wildman–Crippen LogP) is 4.31. The molecule has 0 saturated carbocycles. The number of carbonyl (C=O) groups excluding carboxylic acids is 2. The third-order valence-corrected chi connectivity index (χ3v) is 5.36. The number of rotatable bonds is 8. The lowest BCUT2D eigenvalue weighted by Crippen LogP contribution is -2.39. The Kier molecular flexibility index (Phi) is 7.73. The van der Waals surface area contributed by atoms with E-state index in [-0.39, 0.29) is 5.56 Å². The molecule has 3 aromatic carbocycles. The van der Waals surface area contributed by atoms with E-state index in [1.165, 1.54) is 6.07 Å². The van der Waals surface area contributed by atoms with Crippen molar-refractivity contribution in [3.8, 4) is 11.1 Å². The van der Waals surface area contributed by atoms with Gasteiger partial charge in [0.2, 0.25) is 5.91 Å². The van der Waals surface area contributed by atoms with Gasteiger partial charge in [0.1, 0.15) is 0 Å². The largest absolute Gasteiger partial charge is 0.481 e. The van der Waals surface area contributed by atoms with Gasteiger partial charge < -0.3 is 15.7 Å². The first-order valence-corrected chi connectivity index (χ1v) is 10.6. The number of nitrogens with one attached hydrogen (secondary N) is 2. The number of carboxylic acid groups (broad SMARTS) is 1. The van der Waals surface area contributed by atoms with Gasteiger partial charge in [-0.1, -0.05) is 36.4 Å². The molecule has 176 valence electrons. The van der Waals surface area contributed by atoms with Crippen molar-refractivity contribution in [2.45, 2.75) is 26.3 Å². The number of benzene rings is 3. The minimum Gasteiger partial charge on any atom is -0.481 e. The Bertz CT molecular complexity index is 1210. The molecule has 0 aromatic heterocycles. The Hall–Kier alpha value is -4.07. The molecule has 2 amide bonds. The number of aryl methyl sites for hydroxylation is 2. The molecule has 0 fully saturated rings. The quantitative estimate of drug-likeness (QED) is 0.461. The van der Waals surface area contributed by atoms with Crippen LogP contribution in [0.4, 0.5) is 8.78 Å². The highest BCUT2D eigenvalue weighted by Crippen LogP contribution is 2.32. The molecule has 8 heteroatoms. The van der Waals surface area contributed by atoms with E-state index in [2.05, 4.69) is 10.6 Å². The molecule has 3 aromatic rings. The summed E-state index contributed by atoms with van der Waals surface area (Å²) in [4.78, 5) is 36.1. The zero-order valence-electron chi connectivity index (χ0n) is 18.7. The fraction of sp³-hybridized carbons (Fsp3) is 0.192. The maximum absolute atomic E-state index is 14.8. The van der Waals surface area contributed by atoms with E-state index in [0.29, 0.717) is 16.7 Å². The Morgan fingerprint density at radius 1 is 0.941 bits per heavy atom. The smallest absolute Gasteiger partial charge is 0.305 e. The van der Waals surface area contributed by atoms with Crippen molar-refractivity contribution in [3.05, 3.63) is 94.6 Å². The van der Waals surface area contributed by atoms with Crippen molar-refractivity contribution in [2.75, 3.05) is 6.54 Å². The fourth-order valence-electron chi connectivity index (χ4n) is 3.79. The summed E-state index contributed by atoms with van der Waals surface area (Å²) in [5.41, 5.74) is 2.78. The van der Waals surface area contributed by atoms with Crippen molar-refractivity contribution in [3.63, 3.8) is 0 Å². The highest BCUT2D eigenvalue weighted by atomic mass is 19.2. The predicted molar refractivity (Wildman–Crippen MR) is 123 cm³/mol. The number of amides is 2. The average Bonchev–Trinajstić information content (AvgIpc) is 2.79. The summed E-state index contributed by atoms with van der Waals surface area (Å²) < 4.78 is 29.4. The van der Waals surface area contributed by atoms with Gasteiger partial charge >= 0.3 is 5.97 Å². The van der Waals surface area contributed by atoms with Crippen LogP contribution in [0.1, 0.15) is 39.5 Å². The van der Waals surface area contributed by atoms with Crippen molar-refractivity contribution in [1.29, 1.82) is 0 Å². The van der Waals surface area contributed by atoms with E-state index in [0.717, 1.165) is 17.2 Å². The number of aliphatic carboxylic acids is 1. The van der Waals surface area contributed by atoms with Crippen LogP contribution in [0.2, 0.25) is 0 Å². The van der Waals surface area contributed by atoms with Gasteiger partial charge in [0.25, 0.3) is 5.91 Å². The lowest BCUT2D eigenvalue weighted by atomic mass is 9.92. The molecule has 3 N–H and O–H groups in total. The first-order valence-electron chi connectivity index (χ1n) is 10.6. The topological polar surface area (TPSA) is 95.5 Å². The Labute approximate surface area is 195 Å². The zero-order chi connectivity index (χ0) is 24.8.